The first-order valence-corrected chi connectivity index (χ1v) is 24.3. The number of benzene rings is 3. The van der Waals surface area contributed by atoms with Crippen LogP contribution in [0.15, 0.2) is 72.8 Å². The van der Waals surface area contributed by atoms with Crippen molar-refractivity contribution in [1.82, 2.24) is 0 Å². The van der Waals surface area contributed by atoms with Gasteiger partial charge in [-0.25, -0.2) is 0 Å². The second-order valence-corrected chi connectivity index (χ2v) is 30.9. The summed E-state index contributed by atoms with van der Waals surface area (Å²) in [7, 11) is 0. The van der Waals surface area contributed by atoms with Crippen molar-refractivity contribution in [3.63, 3.8) is 0 Å². The first-order chi connectivity index (χ1) is 11.1. The van der Waals surface area contributed by atoms with Gasteiger partial charge in [0.1, 0.15) is 0 Å². The minimum atomic E-state index is -2.17. The molecule has 0 bridgehead atoms. The van der Waals surface area contributed by atoms with Crippen LogP contribution in [-0.2, 0) is 0 Å². The predicted octanol–water partition coefficient (Wildman–Crippen LogP) is 5.27. The molecule has 0 aliphatic rings. The van der Waals surface area contributed by atoms with Gasteiger partial charge in [0.15, 0.2) is 0 Å². The molecule has 114 valence electrons. The van der Waals surface area contributed by atoms with Gasteiger partial charge >= 0.3 is 148 Å². The molecule has 3 aromatic carbocycles. The van der Waals surface area contributed by atoms with Crippen LogP contribution < -0.4 is 3.12 Å². The van der Waals surface area contributed by atoms with E-state index < -0.39 is 34.6 Å². The molecule has 0 amide bonds. The van der Waals surface area contributed by atoms with Crippen LogP contribution >= 0.6 is 0 Å². The van der Waals surface area contributed by atoms with Crippen molar-refractivity contribution >= 4 is 57.0 Å². The summed E-state index contributed by atoms with van der Waals surface area (Å²) in [4.78, 5) is 0. The number of fused-ring (bicyclic) bond motifs is 3. The van der Waals surface area contributed by atoms with Gasteiger partial charge in [-0.3, -0.25) is 0 Å². The first kappa shape index (κ1) is 15.6. The molecule has 0 N–H and O–H groups in total. The van der Waals surface area contributed by atoms with E-state index in [0.717, 1.165) is 0 Å². The summed E-state index contributed by atoms with van der Waals surface area (Å²) in [6.07, 6.45) is 0. The van der Waals surface area contributed by atoms with E-state index in [4.69, 9.17) is 0 Å². The third-order valence-electron chi connectivity index (χ3n) is 4.44. The molecule has 0 nitrogen and oxygen atoms in total. The standard InChI is InChI=1S/C18H12Se.3CH3.Pb/c1-2-8-14(9-3-1)19-17-12-6-4-10-15(17)16-11-5-7-13-18(16)19;;;;/h1-4,6-13H;3*1H3;/q+1;;;;. The molecule has 0 aliphatic heterocycles. The summed E-state index contributed by atoms with van der Waals surface area (Å²) >= 11 is -3.29. The summed E-state index contributed by atoms with van der Waals surface area (Å²) in [5.41, 5.74) is 0. The van der Waals surface area contributed by atoms with E-state index in [2.05, 4.69) is 86.2 Å². The Hall–Kier alpha value is -0.898. The van der Waals surface area contributed by atoms with E-state index >= 15 is 0 Å². The van der Waals surface area contributed by atoms with Gasteiger partial charge in [-0.15, -0.1) is 0 Å². The third kappa shape index (κ3) is 2.73. The van der Waals surface area contributed by atoms with E-state index in [1.165, 1.54) is 15.2 Å². The van der Waals surface area contributed by atoms with Crippen LogP contribution in [0, 0.1) is 0 Å². The van der Waals surface area contributed by atoms with E-state index in [0.29, 0.717) is 0 Å². The second kappa shape index (κ2) is 5.87. The summed E-state index contributed by atoms with van der Waals surface area (Å²) in [5.74, 6) is 0. The summed E-state index contributed by atoms with van der Waals surface area (Å²) in [6, 6.07) is 27.6. The van der Waals surface area contributed by atoms with Gasteiger partial charge in [0.05, 0.1) is 0 Å². The van der Waals surface area contributed by atoms with Crippen LogP contribution in [0.25, 0.3) is 23.8 Å². The van der Waals surface area contributed by atoms with Crippen molar-refractivity contribution in [3.05, 3.63) is 72.8 Å². The predicted molar refractivity (Wildman–Crippen MR) is 107 cm³/mol. The van der Waals surface area contributed by atoms with Crippen LogP contribution in [0.3, 0.4) is 0 Å². The average Bonchev–Trinajstić information content (AvgIpc) is 2.88. The maximum absolute atomic E-state index is 2.53. The van der Waals surface area contributed by atoms with Crippen molar-refractivity contribution in [1.29, 1.82) is 0 Å². The number of rotatable bonds is 2. The monoisotopic (exact) mass is 561 g/mol. The molecule has 0 aliphatic carbocycles. The Labute approximate surface area is 146 Å². The van der Waals surface area contributed by atoms with Crippen LogP contribution in [0.4, 0.5) is 0 Å². The molecule has 23 heavy (non-hydrogen) atoms. The molecule has 0 spiro atoms. The molecule has 1 heterocycles. The van der Waals surface area contributed by atoms with E-state index in [9.17, 15) is 0 Å². The molecule has 0 radical (unpaired) electrons. The van der Waals surface area contributed by atoms with E-state index in [-0.39, 0.29) is 0 Å². The van der Waals surface area contributed by atoms with Gasteiger partial charge in [-0.1, -0.05) is 0 Å². The molecule has 1 aromatic heterocycles. The van der Waals surface area contributed by atoms with Crippen LogP contribution in [0.1, 0.15) is 0 Å². The quantitative estimate of drug-likeness (QED) is 0.294. The van der Waals surface area contributed by atoms with Crippen molar-refractivity contribution in [2.75, 3.05) is 0 Å². The Morgan fingerprint density at radius 1 is 0.652 bits per heavy atom. The van der Waals surface area contributed by atoms with Crippen molar-refractivity contribution in [2.45, 2.75) is 13.4 Å². The fourth-order valence-corrected chi connectivity index (χ4v) is 12.7. The molecular weight excluding hydrogens is 538 g/mol. The summed E-state index contributed by atoms with van der Waals surface area (Å²) in [5, 5.41) is 3.00. The summed E-state index contributed by atoms with van der Waals surface area (Å²) < 4.78 is 13.9. The second-order valence-electron chi connectivity index (χ2n) is 7.08. The van der Waals surface area contributed by atoms with E-state index in [1.807, 2.05) is 0 Å². The Morgan fingerprint density at radius 2 is 1.30 bits per heavy atom. The molecule has 1 unspecified atom stereocenters. The Balaban J connectivity index is 2.13. The zero-order valence-corrected chi connectivity index (χ0v) is 19.4. The maximum atomic E-state index is 2.53. The SMILES string of the molecule is [CH3][Pb]([CH3])([CH3])[c]1ccc2c(c1)c1ccccc1[se+]2-c1ccccc1. The molecule has 4 rings (SSSR count). The number of hydrogen-bond donors (Lipinski definition) is 0. The topological polar surface area (TPSA) is 0 Å². The summed E-state index contributed by atoms with van der Waals surface area (Å²) in [6.45, 7) is 0. The van der Waals surface area contributed by atoms with Gasteiger partial charge in [-0.05, 0) is 0 Å². The molecular formula is C21H21PbSe+. The zero-order chi connectivity index (χ0) is 16.0. The Morgan fingerprint density at radius 3 is 2.04 bits per heavy atom. The first-order valence-electron chi connectivity index (χ1n) is 8.09. The Kier molecular flexibility index (Phi) is 3.99. The number of hydrogen-bond acceptors (Lipinski definition) is 0. The van der Waals surface area contributed by atoms with Crippen molar-refractivity contribution in [2.24, 2.45) is 0 Å². The fourth-order valence-electron chi connectivity index (χ4n) is 3.18. The minimum absolute atomic E-state index is 1.12. The van der Waals surface area contributed by atoms with Gasteiger partial charge in [0.25, 0.3) is 0 Å². The van der Waals surface area contributed by atoms with Crippen LogP contribution in [0.2, 0.25) is 13.4 Å². The van der Waals surface area contributed by atoms with Crippen molar-refractivity contribution in [3.8, 4) is 4.46 Å². The third-order valence-corrected chi connectivity index (χ3v) is 17.3. The van der Waals surface area contributed by atoms with Crippen molar-refractivity contribution < 1.29 is 0 Å². The fraction of sp³-hybridized carbons (Fsp3) is 0.143. The van der Waals surface area contributed by atoms with Gasteiger partial charge in [0, 0.05) is 0 Å². The molecule has 4 aromatic rings. The average molecular weight is 560 g/mol. The van der Waals surface area contributed by atoms with E-state index in [1.54, 1.807) is 11.6 Å². The van der Waals surface area contributed by atoms with Gasteiger partial charge in [0.2, 0.25) is 0 Å². The molecule has 0 fully saturated rings. The normalized spacial score (nSPS) is 12.9. The molecule has 2 heteroatoms. The van der Waals surface area contributed by atoms with Gasteiger partial charge < -0.3 is 0 Å². The molecule has 0 saturated carbocycles. The Bertz CT molecular complexity index is 991. The van der Waals surface area contributed by atoms with Crippen LogP contribution in [0.5, 0.6) is 0 Å². The zero-order valence-electron chi connectivity index (χ0n) is 13.8. The van der Waals surface area contributed by atoms with Gasteiger partial charge in [-0.2, -0.15) is 0 Å². The molecule has 1 atom stereocenters. The molecule has 0 saturated heterocycles. The van der Waals surface area contributed by atoms with Crippen LogP contribution in [-0.4, -0.2) is 34.6 Å².